The van der Waals surface area contributed by atoms with Gasteiger partial charge in [-0.2, -0.15) is 0 Å². The van der Waals surface area contributed by atoms with Gasteiger partial charge in [-0.1, -0.05) is 15.9 Å². The number of alkyl halides is 1. The molecule has 1 aliphatic carbocycles. The summed E-state index contributed by atoms with van der Waals surface area (Å²) in [6.07, 6.45) is 2.17. The van der Waals surface area contributed by atoms with Crippen molar-refractivity contribution in [3.63, 3.8) is 0 Å². The van der Waals surface area contributed by atoms with Gasteiger partial charge in [0, 0.05) is 24.5 Å². The van der Waals surface area contributed by atoms with Crippen molar-refractivity contribution in [1.82, 2.24) is 4.90 Å². The highest BCUT2D eigenvalue weighted by atomic mass is 79.9. The zero-order chi connectivity index (χ0) is 13.3. The molecule has 1 amide bonds. The third-order valence-corrected chi connectivity index (χ3v) is 4.02. The highest BCUT2D eigenvalue weighted by Crippen LogP contribution is 2.34. The van der Waals surface area contributed by atoms with Gasteiger partial charge in [0.2, 0.25) is 0 Å². The molecule has 1 aliphatic rings. The molecule has 0 spiro atoms. The maximum Gasteiger partial charge on any atom is 0.257 e. The number of hydrogen-bond acceptors (Lipinski definition) is 3. The Labute approximate surface area is 114 Å². The summed E-state index contributed by atoms with van der Waals surface area (Å²) in [5.74, 6) is 0.0831. The van der Waals surface area contributed by atoms with E-state index in [0.717, 1.165) is 12.8 Å². The fraction of sp³-hybridized carbons (Fsp3) is 0.462. The van der Waals surface area contributed by atoms with Gasteiger partial charge >= 0.3 is 0 Å². The molecular weight excluding hydrogens is 298 g/mol. The van der Waals surface area contributed by atoms with Gasteiger partial charge in [0.1, 0.15) is 11.5 Å². The maximum atomic E-state index is 12.1. The number of carbonyl (C=O) groups is 1. The van der Waals surface area contributed by atoms with E-state index < -0.39 is 0 Å². The van der Waals surface area contributed by atoms with Crippen molar-refractivity contribution in [2.24, 2.45) is 5.92 Å². The lowest BCUT2D eigenvalue weighted by atomic mass is 9.85. The van der Waals surface area contributed by atoms with E-state index >= 15 is 0 Å². The number of benzene rings is 1. The van der Waals surface area contributed by atoms with Gasteiger partial charge in [0.15, 0.2) is 0 Å². The fourth-order valence-corrected chi connectivity index (χ4v) is 3.24. The molecule has 0 heterocycles. The van der Waals surface area contributed by atoms with Crippen LogP contribution in [-0.4, -0.2) is 39.4 Å². The Kier molecular flexibility index (Phi) is 3.80. The van der Waals surface area contributed by atoms with Crippen molar-refractivity contribution in [3.8, 4) is 11.5 Å². The first-order chi connectivity index (χ1) is 8.47. The predicted octanol–water partition coefficient (Wildman–Crippen LogP) is 2.34. The highest BCUT2D eigenvalue weighted by molar-refractivity contribution is 9.09. The number of carbonyl (C=O) groups excluding carboxylic acids is 1. The molecule has 0 atom stereocenters. The zero-order valence-electron chi connectivity index (χ0n) is 10.1. The van der Waals surface area contributed by atoms with E-state index in [1.165, 1.54) is 18.2 Å². The summed E-state index contributed by atoms with van der Waals surface area (Å²) < 4.78 is 0. The van der Waals surface area contributed by atoms with E-state index in [4.69, 9.17) is 0 Å². The molecule has 0 radical (unpaired) electrons. The molecule has 4 nitrogen and oxygen atoms in total. The quantitative estimate of drug-likeness (QED) is 0.842. The molecule has 0 saturated heterocycles. The van der Waals surface area contributed by atoms with E-state index in [0.29, 0.717) is 17.3 Å². The first kappa shape index (κ1) is 13.2. The Morgan fingerprint density at radius 2 is 2.11 bits per heavy atom. The molecule has 1 fully saturated rings. The Morgan fingerprint density at radius 3 is 2.67 bits per heavy atom. The molecule has 1 aromatic carbocycles. The zero-order valence-corrected chi connectivity index (χ0v) is 11.7. The van der Waals surface area contributed by atoms with Crippen LogP contribution in [0.5, 0.6) is 11.5 Å². The Morgan fingerprint density at radius 1 is 1.44 bits per heavy atom. The van der Waals surface area contributed by atoms with Crippen molar-refractivity contribution < 1.29 is 15.0 Å². The molecule has 0 aliphatic heterocycles. The van der Waals surface area contributed by atoms with E-state index in [1.54, 1.807) is 11.9 Å². The first-order valence-electron chi connectivity index (χ1n) is 5.89. The minimum Gasteiger partial charge on any atom is -0.508 e. The number of phenols is 2. The van der Waals surface area contributed by atoms with Crippen LogP contribution in [0.25, 0.3) is 0 Å². The second-order valence-corrected chi connectivity index (χ2v) is 6.12. The van der Waals surface area contributed by atoms with Gasteiger partial charge < -0.3 is 15.1 Å². The first-order valence-corrected chi connectivity index (χ1v) is 6.80. The third kappa shape index (κ3) is 2.77. The number of hydrogen-bond donors (Lipinski definition) is 2. The number of rotatable bonds is 3. The molecule has 0 bridgehead atoms. The van der Waals surface area contributed by atoms with Crippen LogP contribution in [0, 0.1) is 5.92 Å². The summed E-state index contributed by atoms with van der Waals surface area (Å²) in [6.45, 7) is 0.696. The van der Waals surface area contributed by atoms with Crippen LogP contribution < -0.4 is 0 Å². The van der Waals surface area contributed by atoms with Crippen molar-refractivity contribution in [2.45, 2.75) is 17.7 Å². The molecule has 5 heteroatoms. The van der Waals surface area contributed by atoms with Gasteiger partial charge in [0.05, 0.1) is 5.56 Å². The SMILES string of the molecule is CN(CC1CC(Br)C1)C(=O)c1ccc(O)cc1O. The monoisotopic (exact) mass is 313 g/mol. The van der Waals surface area contributed by atoms with Crippen molar-refractivity contribution in [1.29, 1.82) is 0 Å². The minimum atomic E-state index is -0.217. The Balaban J connectivity index is 2.01. The van der Waals surface area contributed by atoms with Crippen LogP contribution in [-0.2, 0) is 0 Å². The predicted molar refractivity (Wildman–Crippen MR) is 72.2 cm³/mol. The molecule has 2 N–H and O–H groups in total. The van der Waals surface area contributed by atoms with Crippen molar-refractivity contribution in [2.75, 3.05) is 13.6 Å². The molecule has 18 heavy (non-hydrogen) atoms. The van der Waals surface area contributed by atoms with Gasteiger partial charge in [-0.3, -0.25) is 4.79 Å². The lowest BCUT2D eigenvalue weighted by Gasteiger charge is -2.34. The van der Waals surface area contributed by atoms with Crippen LogP contribution >= 0.6 is 15.9 Å². The summed E-state index contributed by atoms with van der Waals surface area (Å²) in [4.78, 5) is 14.3. The van der Waals surface area contributed by atoms with E-state index in [-0.39, 0.29) is 23.0 Å². The Bertz CT molecular complexity index is 458. The molecular formula is C13H16BrNO3. The standard InChI is InChI=1S/C13H16BrNO3/c1-15(7-8-4-9(14)5-8)13(18)11-3-2-10(16)6-12(11)17/h2-3,6,8-9,16-17H,4-5,7H2,1H3. The number of nitrogens with zero attached hydrogens (tertiary/aromatic N) is 1. The van der Waals surface area contributed by atoms with E-state index in [2.05, 4.69) is 15.9 Å². The van der Waals surface area contributed by atoms with Crippen molar-refractivity contribution >= 4 is 21.8 Å². The molecule has 2 rings (SSSR count). The van der Waals surface area contributed by atoms with Gasteiger partial charge in [-0.05, 0) is 30.9 Å². The van der Waals surface area contributed by atoms with E-state index in [9.17, 15) is 15.0 Å². The van der Waals surface area contributed by atoms with Gasteiger partial charge in [0.25, 0.3) is 5.91 Å². The summed E-state index contributed by atoms with van der Waals surface area (Å²) in [5, 5.41) is 18.8. The van der Waals surface area contributed by atoms with Crippen LogP contribution in [0.3, 0.4) is 0 Å². The van der Waals surface area contributed by atoms with Gasteiger partial charge in [-0.15, -0.1) is 0 Å². The van der Waals surface area contributed by atoms with Crippen LogP contribution in [0.1, 0.15) is 23.2 Å². The van der Waals surface area contributed by atoms with Crippen molar-refractivity contribution in [3.05, 3.63) is 23.8 Å². The topological polar surface area (TPSA) is 60.8 Å². The summed E-state index contributed by atoms with van der Waals surface area (Å²) >= 11 is 3.52. The lowest BCUT2D eigenvalue weighted by Crippen LogP contribution is -2.37. The average Bonchev–Trinajstić information content (AvgIpc) is 2.26. The Hall–Kier alpha value is -1.23. The molecule has 0 aromatic heterocycles. The van der Waals surface area contributed by atoms with Crippen LogP contribution in [0.4, 0.5) is 0 Å². The van der Waals surface area contributed by atoms with Crippen LogP contribution in [0.2, 0.25) is 0 Å². The lowest BCUT2D eigenvalue weighted by molar-refractivity contribution is 0.0745. The van der Waals surface area contributed by atoms with E-state index in [1.807, 2.05) is 0 Å². The second kappa shape index (κ2) is 5.18. The number of halogens is 1. The maximum absolute atomic E-state index is 12.1. The minimum absolute atomic E-state index is 0.0483. The smallest absolute Gasteiger partial charge is 0.257 e. The largest absolute Gasteiger partial charge is 0.508 e. The molecule has 98 valence electrons. The number of aromatic hydroxyl groups is 2. The molecule has 1 saturated carbocycles. The normalized spacial score (nSPS) is 22.3. The average molecular weight is 314 g/mol. The second-order valence-electron chi connectivity index (χ2n) is 4.82. The fourth-order valence-electron chi connectivity index (χ4n) is 2.18. The molecule has 0 unspecified atom stereocenters. The summed E-state index contributed by atoms with van der Waals surface area (Å²) in [5.41, 5.74) is 0.227. The number of amides is 1. The molecule has 1 aromatic rings. The summed E-state index contributed by atoms with van der Waals surface area (Å²) in [7, 11) is 1.73. The number of phenolic OH excluding ortho intramolecular Hbond substituents is 2. The highest BCUT2D eigenvalue weighted by Gasteiger charge is 2.29. The summed E-state index contributed by atoms with van der Waals surface area (Å²) in [6, 6.07) is 4.02. The van der Waals surface area contributed by atoms with Crippen LogP contribution in [0.15, 0.2) is 18.2 Å². The van der Waals surface area contributed by atoms with Gasteiger partial charge in [-0.25, -0.2) is 0 Å². The third-order valence-electron chi connectivity index (χ3n) is 3.27.